The van der Waals surface area contributed by atoms with Gasteiger partial charge in [-0.3, -0.25) is 4.79 Å². The normalized spacial score (nSPS) is 19.6. The molecule has 1 rings (SSSR count). The van der Waals surface area contributed by atoms with Crippen LogP contribution in [0.2, 0.25) is 0 Å². The van der Waals surface area contributed by atoms with Crippen molar-refractivity contribution in [1.82, 2.24) is 9.21 Å². The van der Waals surface area contributed by atoms with Crippen LogP contribution in [0.25, 0.3) is 0 Å². The van der Waals surface area contributed by atoms with Crippen LogP contribution >= 0.6 is 12.4 Å². The van der Waals surface area contributed by atoms with Crippen molar-refractivity contribution in [1.29, 1.82) is 0 Å². The molecule has 0 spiro atoms. The molecule has 22 heavy (non-hydrogen) atoms. The molecule has 0 aromatic heterocycles. The molecule has 1 fully saturated rings. The summed E-state index contributed by atoms with van der Waals surface area (Å²) in [6.07, 6.45) is 3.48. The Morgan fingerprint density at radius 1 is 1.32 bits per heavy atom. The van der Waals surface area contributed by atoms with Gasteiger partial charge in [-0.2, -0.15) is 4.31 Å². The van der Waals surface area contributed by atoms with E-state index in [1.54, 1.807) is 4.90 Å². The number of amides is 1. The van der Waals surface area contributed by atoms with Gasteiger partial charge in [-0.15, -0.1) is 12.4 Å². The maximum absolute atomic E-state index is 12.3. The fourth-order valence-electron chi connectivity index (χ4n) is 2.85. The fourth-order valence-corrected chi connectivity index (χ4v) is 4.07. The van der Waals surface area contributed by atoms with Gasteiger partial charge < -0.3 is 10.6 Å². The van der Waals surface area contributed by atoms with Crippen molar-refractivity contribution in [2.75, 3.05) is 25.9 Å². The Balaban J connectivity index is 0.00000441. The van der Waals surface area contributed by atoms with E-state index in [1.165, 1.54) is 10.6 Å². The van der Waals surface area contributed by atoms with Gasteiger partial charge in [0.2, 0.25) is 15.9 Å². The molecule has 0 bridgehead atoms. The Morgan fingerprint density at radius 3 is 2.18 bits per heavy atom. The van der Waals surface area contributed by atoms with Gasteiger partial charge in [0.25, 0.3) is 0 Å². The van der Waals surface area contributed by atoms with E-state index in [-0.39, 0.29) is 30.3 Å². The second-order valence-electron chi connectivity index (χ2n) is 5.93. The van der Waals surface area contributed by atoms with E-state index in [0.29, 0.717) is 32.5 Å². The van der Waals surface area contributed by atoms with Gasteiger partial charge in [0.05, 0.1) is 12.3 Å². The molecule has 0 aromatic rings. The molecule has 2 N–H and O–H groups in total. The highest BCUT2D eigenvalue weighted by molar-refractivity contribution is 7.88. The summed E-state index contributed by atoms with van der Waals surface area (Å²) in [5, 5.41) is 0. The average Bonchev–Trinajstić information content (AvgIpc) is 2.45. The molecule has 6 nitrogen and oxygen atoms in total. The summed E-state index contributed by atoms with van der Waals surface area (Å²) in [6.45, 7) is 7.49. The molecule has 1 aliphatic heterocycles. The molecule has 2 unspecified atom stereocenters. The minimum Gasteiger partial charge on any atom is -0.341 e. The first-order valence-corrected chi connectivity index (χ1v) is 9.58. The zero-order valence-electron chi connectivity index (χ0n) is 14.0. The van der Waals surface area contributed by atoms with Crippen molar-refractivity contribution in [3.63, 3.8) is 0 Å². The van der Waals surface area contributed by atoms with Gasteiger partial charge in [0.1, 0.15) is 0 Å². The van der Waals surface area contributed by atoms with E-state index < -0.39 is 16.1 Å². The van der Waals surface area contributed by atoms with E-state index >= 15 is 0 Å². The van der Waals surface area contributed by atoms with Crippen molar-refractivity contribution in [2.24, 2.45) is 11.7 Å². The van der Waals surface area contributed by atoms with Crippen molar-refractivity contribution in [3.8, 4) is 0 Å². The number of nitrogens with zero attached hydrogens (tertiary/aromatic N) is 2. The third kappa shape index (κ3) is 5.37. The van der Waals surface area contributed by atoms with Gasteiger partial charge in [0.15, 0.2) is 0 Å². The first-order valence-electron chi connectivity index (χ1n) is 7.73. The SMILES string of the molecule is CCC(C)C(N)C(=O)N1CCC(N(CC)S(C)(=O)=O)CC1.Cl. The summed E-state index contributed by atoms with van der Waals surface area (Å²) >= 11 is 0. The van der Waals surface area contributed by atoms with Crippen LogP contribution in [0.1, 0.15) is 40.0 Å². The van der Waals surface area contributed by atoms with Gasteiger partial charge in [0, 0.05) is 25.7 Å². The van der Waals surface area contributed by atoms with Crippen molar-refractivity contribution in [3.05, 3.63) is 0 Å². The number of halogens is 1. The lowest BCUT2D eigenvalue weighted by atomic mass is 9.97. The smallest absolute Gasteiger partial charge is 0.239 e. The number of hydrogen-bond donors (Lipinski definition) is 1. The first kappa shape index (κ1) is 21.6. The predicted molar refractivity (Wildman–Crippen MR) is 91.5 cm³/mol. The standard InChI is InChI=1S/C14H29N3O3S.ClH/c1-5-11(3)13(15)14(18)16-9-7-12(8-10-16)17(6-2)21(4,19)20;/h11-13H,5-10,15H2,1-4H3;1H. The molecule has 1 aliphatic rings. The highest BCUT2D eigenvalue weighted by Gasteiger charge is 2.32. The number of nitrogens with two attached hydrogens (primary N) is 1. The van der Waals surface area contributed by atoms with E-state index in [2.05, 4.69) is 0 Å². The monoisotopic (exact) mass is 355 g/mol. The Kier molecular flexibility index (Phi) is 8.90. The molecule has 132 valence electrons. The zero-order valence-corrected chi connectivity index (χ0v) is 15.6. The quantitative estimate of drug-likeness (QED) is 0.772. The van der Waals surface area contributed by atoms with Crippen molar-refractivity contribution < 1.29 is 13.2 Å². The predicted octanol–water partition coefficient (Wildman–Crippen LogP) is 1.05. The number of hydrogen-bond acceptors (Lipinski definition) is 4. The topological polar surface area (TPSA) is 83.7 Å². The molecule has 2 atom stereocenters. The van der Waals surface area contributed by atoms with E-state index in [1.807, 2.05) is 20.8 Å². The van der Waals surface area contributed by atoms with Crippen LogP contribution in [-0.2, 0) is 14.8 Å². The largest absolute Gasteiger partial charge is 0.341 e. The summed E-state index contributed by atoms with van der Waals surface area (Å²) < 4.78 is 25.0. The molecule has 0 radical (unpaired) electrons. The summed E-state index contributed by atoms with van der Waals surface area (Å²) in [7, 11) is -3.18. The highest BCUT2D eigenvalue weighted by atomic mass is 35.5. The third-order valence-corrected chi connectivity index (χ3v) is 5.87. The van der Waals surface area contributed by atoms with Crippen LogP contribution in [0.15, 0.2) is 0 Å². The molecular formula is C14H30ClN3O3S. The van der Waals surface area contributed by atoms with Crippen LogP contribution in [0, 0.1) is 5.92 Å². The average molecular weight is 356 g/mol. The van der Waals surface area contributed by atoms with E-state index in [4.69, 9.17) is 5.73 Å². The molecule has 8 heteroatoms. The van der Waals surface area contributed by atoms with Gasteiger partial charge >= 0.3 is 0 Å². The molecular weight excluding hydrogens is 326 g/mol. The third-order valence-electron chi connectivity index (χ3n) is 4.46. The van der Waals surface area contributed by atoms with Gasteiger partial charge in [-0.1, -0.05) is 27.2 Å². The molecule has 0 aromatic carbocycles. The molecule has 0 saturated carbocycles. The zero-order chi connectivity index (χ0) is 16.2. The highest BCUT2D eigenvalue weighted by Crippen LogP contribution is 2.20. The lowest BCUT2D eigenvalue weighted by molar-refractivity contribution is -0.135. The minimum atomic E-state index is -3.18. The van der Waals surface area contributed by atoms with Crippen molar-refractivity contribution >= 4 is 28.3 Å². The van der Waals surface area contributed by atoms with Crippen LogP contribution in [0.3, 0.4) is 0 Å². The number of likely N-dealkylation sites (tertiary alicyclic amines) is 1. The molecule has 1 saturated heterocycles. The number of sulfonamides is 1. The number of rotatable bonds is 6. The van der Waals surface area contributed by atoms with Crippen LogP contribution in [0.5, 0.6) is 0 Å². The Labute approximate surface area is 140 Å². The number of piperidine rings is 1. The van der Waals surface area contributed by atoms with Gasteiger partial charge in [-0.25, -0.2) is 8.42 Å². The molecule has 0 aliphatic carbocycles. The minimum absolute atomic E-state index is 0. The summed E-state index contributed by atoms with van der Waals surface area (Å²) in [4.78, 5) is 14.1. The van der Waals surface area contributed by atoms with Gasteiger partial charge in [-0.05, 0) is 18.8 Å². The first-order chi connectivity index (χ1) is 9.72. The van der Waals surface area contributed by atoms with Crippen LogP contribution in [-0.4, -0.2) is 61.5 Å². The Hall–Kier alpha value is -0.370. The summed E-state index contributed by atoms with van der Waals surface area (Å²) in [5.74, 6) is 0.156. The Bertz CT molecular complexity index is 450. The van der Waals surface area contributed by atoms with E-state index in [9.17, 15) is 13.2 Å². The number of carbonyl (C=O) groups excluding carboxylic acids is 1. The Morgan fingerprint density at radius 2 is 1.82 bits per heavy atom. The molecule has 1 amide bonds. The lowest BCUT2D eigenvalue weighted by Gasteiger charge is -2.38. The van der Waals surface area contributed by atoms with Crippen molar-refractivity contribution in [2.45, 2.75) is 52.1 Å². The second-order valence-corrected chi connectivity index (χ2v) is 7.87. The number of carbonyl (C=O) groups is 1. The van der Waals surface area contributed by atoms with Crippen LogP contribution in [0.4, 0.5) is 0 Å². The second kappa shape index (κ2) is 9.05. The fraction of sp³-hybridized carbons (Fsp3) is 0.929. The maximum atomic E-state index is 12.3. The lowest BCUT2D eigenvalue weighted by Crippen LogP contribution is -2.53. The summed E-state index contributed by atoms with van der Waals surface area (Å²) in [6, 6.07) is -0.461. The van der Waals surface area contributed by atoms with Crippen LogP contribution < -0.4 is 5.73 Å². The molecule has 1 heterocycles. The maximum Gasteiger partial charge on any atom is 0.239 e. The summed E-state index contributed by atoms with van der Waals surface area (Å²) in [5.41, 5.74) is 5.99. The van der Waals surface area contributed by atoms with E-state index in [0.717, 1.165) is 6.42 Å².